The van der Waals surface area contributed by atoms with Crippen LogP contribution in [0.4, 0.5) is 0 Å². The van der Waals surface area contributed by atoms with Crippen molar-refractivity contribution >= 4 is 6.29 Å². The fourth-order valence-electron chi connectivity index (χ4n) is 2.79. The Morgan fingerprint density at radius 3 is 2.12 bits per heavy atom. The van der Waals surface area contributed by atoms with Crippen molar-refractivity contribution in [3.63, 3.8) is 0 Å². The largest absolute Gasteiger partial charge is 0.303 e. The third-order valence-corrected chi connectivity index (χ3v) is 3.82. The van der Waals surface area contributed by atoms with Gasteiger partial charge in [0.25, 0.3) is 0 Å². The minimum atomic E-state index is 0.0739. The summed E-state index contributed by atoms with van der Waals surface area (Å²) in [5.74, 6) is 2.29. The first-order chi connectivity index (χ1) is 7.65. The second-order valence-corrected chi connectivity index (χ2v) is 5.60. The Hall–Kier alpha value is -0.590. The van der Waals surface area contributed by atoms with Gasteiger partial charge in [0, 0.05) is 5.92 Å². The number of hydrogen-bond acceptors (Lipinski definition) is 1. The van der Waals surface area contributed by atoms with Crippen molar-refractivity contribution in [2.45, 2.75) is 52.9 Å². The third kappa shape index (κ3) is 4.11. The van der Waals surface area contributed by atoms with Crippen molar-refractivity contribution in [3.05, 3.63) is 12.2 Å². The van der Waals surface area contributed by atoms with E-state index >= 15 is 0 Å². The smallest absolute Gasteiger partial charge is 0.126 e. The molecule has 1 saturated carbocycles. The number of hydrogen-bond donors (Lipinski definition) is 0. The van der Waals surface area contributed by atoms with E-state index < -0.39 is 0 Å². The standard InChI is InChI=1S/C15H26O/c1-12(2)15(10-9-13(3)11-16)14-7-5-4-6-8-14/h9-15H,4-8H2,1-3H3/b10-9+/t13-,15-/m0/s1. The zero-order chi connectivity index (χ0) is 12.0. The van der Waals surface area contributed by atoms with Crippen molar-refractivity contribution in [3.8, 4) is 0 Å². The van der Waals surface area contributed by atoms with Crippen LogP contribution in [0.2, 0.25) is 0 Å². The van der Waals surface area contributed by atoms with E-state index in [-0.39, 0.29) is 5.92 Å². The summed E-state index contributed by atoms with van der Waals surface area (Å²) in [7, 11) is 0. The molecule has 0 amide bonds. The highest BCUT2D eigenvalue weighted by molar-refractivity contribution is 5.55. The van der Waals surface area contributed by atoms with E-state index in [1.807, 2.05) is 6.92 Å². The van der Waals surface area contributed by atoms with E-state index in [0.717, 1.165) is 12.2 Å². The molecule has 0 aliphatic heterocycles. The Labute approximate surface area is 100 Å². The van der Waals surface area contributed by atoms with E-state index in [9.17, 15) is 4.79 Å². The average molecular weight is 222 g/mol. The highest BCUT2D eigenvalue weighted by Crippen LogP contribution is 2.34. The number of aldehydes is 1. The second kappa shape index (κ2) is 6.88. The van der Waals surface area contributed by atoms with Crippen LogP contribution in [0.3, 0.4) is 0 Å². The summed E-state index contributed by atoms with van der Waals surface area (Å²) in [6.07, 6.45) is 12.4. The van der Waals surface area contributed by atoms with Gasteiger partial charge in [-0.05, 0) is 30.6 Å². The van der Waals surface area contributed by atoms with Crippen LogP contribution in [0.15, 0.2) is 12.2 Å². The maximum absolute atomic E-state index is 10.6. The topological polar surface area (TPSA) is 17.1 Å². The molecule has 0 spiro atoms. The normalized spacial score (nSPS) is 22.5. The lowest BCUT2D eigenvalue weighted by Crippen LogP contribution is -2.21. The summed E-state index contributed by atoms with van der Waals surface area (Å²) in [6, 6.07) is 0. The molecule has 0 N–H and O–H groups in total. The molecule has 0 aromatic rings. The molecule has 0 bridgehead atoms. The summed E-state index contributed by atoms with van der Waals surface area (Å²) in [5.41, 5.74) is 0. The molecule has 16 heavy (non-hydrogen) atoms. The third-order valence-electron chi connectivity index (χ3n) is 3.82. The minimum Gasteiger partial charge on any atom is -0.303 e. The Kier molecular flexibility index (Phi) is 5.79. The van der Waals surface area contributed by atoms with Crippen molar-refractivity contribution in [1.29, 1.82) is 0 Å². The van der Waals surface area contributed by atoms with Gasteiger partial charge in [0.05, 0.1) is 0 Å². The van der Waals surface area contributed by atoms with Crippen LogP contribution in [-0.4, -0.2) is 6.29 Å². The molecular weight excluding hydrogens is 196 g/mol. The summed E-state index contributed by atoms with van der Waals surface area (Å²) in [6.45, 7) is 6.56. The van der Waals surface area contributed by atoms with Crippen LogP contribution >= 0.6 is 0 Å². The lowest BCUT2D eigenvalue weighted by atomic mass is 9.75. The van der Waals surface area contributed by atoms with Gasteiger partial charge in [-0.15, -0.1) is 0 Å². The molecular formula is C15H26O. The van der Waals surface area contributed by atoms with Gasteiger partial charge in [-0.3, -0.25) is 0 Å². The summed E-state index contributed by atoms with van der Waals surface area (Å²) in [5, 5.41) is 0. The Morgan fingerprint density at radius 2 is 1.62 bits per heavy atom. The molecule has 0 aromatic carbocycles. The van der Waals surface area contributed by atoms with Crippen LogP contribution in [-0.2, 0) is 4.79 Å². The molecule has 0 unspecified atom stereocenters. The van der Waals surface area contributed by atoms with E-state index in [1.54, 1.807) is 0 Å². The lowest BCUT2D eigenvalue weighted by molar-refractivity contribution is -0.109. The van der Waals surface area contributed by atoms with Crippen molar-refractivity contribution in [2.75, 3.05) is 0 Å². The maximum Gasteiger partial charge on any atom is 0.126 e. The zero-order valence-corrected chi connectivity index (χ0v) is 11.0. The molecule has 92 valence electrons. The first-order valence-corrected chi connectivity index (χ1v) is 6.78. The van der Waals surface area contributed by atoms with Gasteiger partial charge in [0.1, 0.15) is 6.29 Å². The fraction of sp³-hybridized carbons (Fsp3) is 0.800. The molecule has 1 fully saturated rings. The van der Waals surface area contributed by atoms with E-state index in [1.165, 1.54) is 32.1 Å². The molecule has 0 aromatic heterocycles. The van der Waals surface area contributed by atoms with E-state index in [4.69, 9.17) is 0 Å². The Bertz CT molecular complexity index is 224. The lowest BCUT2D eigenvalue weighted by Gasteiger charge is -2.31. The molecule has 0 radical (unpaired) electrons. The number of carbonyl (C=O) groups is 1. The van der Waals surface area contributed by atoms with Crippen molar-refractivity contribution in [1.82, 2.24) is 0 Å². The molecule has 0 heterocycles. The van der Waals surface area contributed by atoms with Crippen LogP contribution in [0.25, 0.3) is 0 Å². The highest BCUT2D eigenvalue weighted by Gasteiger charge is 2.23. The van der Waals surface area contributed by atoms with Gasteiger partial charge >= 0.3 is 0 Å². The van der Waals surface area contributed by atoms with Crippen LogP contribution in [0, 0.1) is 23.7 Å². The van der Waals surface area contributed by atoms with Gasteiger partial charge in [-0.1, -0.05) is 52.2 Å². The van der Waals surface area contributed by atoms with Crippen LogP contribution in [0.5, 0.6) is 0 Å². The molecule has 2 atom stereocenters. The van der Waals surface area contributed by atoms with E-state index in [2.05, 4.69) is 26.0 Å². The minimum absolute atomic E-state index is 0.0739. The van der Waals surface area contributed by atoms with Gasteiger partial charge in [-0.25, -0.2) is 0 Å². The number of carbonyl (C=O) groups excluding carboxylic acids is 1. The van der Waals surface area contributed by atoms with Crippen LogP contribution < -0.4 is 0 Å². The van der Waals surface area contributed by atoms with Gasteiger partial charge in [-0.2, -0.15) is 0 Å². The molecule has 1 nitrogen and oxygen atoms in total. The summed E-state index contributed by atoms with van der Waals surface area (Å²) < 4.78 is 0. The highest BCUT2D eigenvalue weighted by atomic mass is 16.1. The molecule has 1 aliphatic carbocycles. The molecule has 1 aliphatic rings. The van der Waals surface area contributed by atoms with Gasteiger partial charge in [0.2, 0.25) is 0 Å². The Morgan fingerprint density at radius 1 is 1.00 bits per heavy atom. The first kappa shape index (κ1) is 13.5. The molecule has 0 saturated heterocycles. The number of rotatable bonds is 5. The SMILES string of the molecule is CC(C)[C@H](/C=C/[C@H](C)C=O)C1CCCCC1. The average Bonchev–Trinajstić information content (AvgIpc) is 2.30. The van der Waals surface area contributed by atoms with Crippen molar-refractivity contribution in [2.24, 2.45) is 23.7 Å². The molecule has 1 rings (SSSR count). The van der Waals surface area contributed by atoms with Crippen molar-refractivity contribution < 1.29 is 4.79 Å². The quantitative estimate of drug-likeness (QED) is 0.502. The zero-order valence-electron chi connectivity index (χ0n) is 11.0. The monoisotopic (exact) mass is 222 g/mol. The van der Waals surface area contributed by atoms with Gasteiger partial charge in [0.15, 0.2) is 0 Å². The van der Waals surface area contributed by atoms with E-state index in [0.29, 0.717) is 11.8 Å². The number of allylic oxidation sites excluding steroid dienone is 2. The Balaban J connectivity index is 2.58. The second-order valence-electron chi connectivity index (χ2n) is 5.60. The predicted molar refractivity (Wildman–Crippen MR) is 69.3 cm³/mol. The fourth-order valence-corrected chi connectivity index (χ4v) is 2.79. The summed E-state index contributed by atoms with van der Waals surface area (Å²) >= 11 is 0. The van der Waals surface area contributed by atoms with Gasteiger partial charge < -0.3 is 4.79 Å². The maximum atomic E-state index is 10.6. The summed E-state index contributed by atoms with van der Waals surface area (Å²) in [4.78, 5) is 10.6. The van der Waals surface area contributed by atoms with Crippen LogP contribution in [0.1, 0.15) is 52.9 Å². The predicted octanol–water partition coefficient (Wildman–Crippen LogP) is 4.23. The first-order valence-electron chi connectivity index (χ1n) is 6.78. The molecule has 1 heteroatoms.